The molecule has 0 spiro atoms. The standard InChI is InChI=1S/C5H11S.ClO.2ClH.H2O.Sn/c1-6-4-2-3-5-6;1-2;;;;/h2-5H2,1H3;;2*1H;1H2;/q+1;-1;;;;+3/p-3. The summed E-state index contributed by atoms with van der Waals surface area (Å²) in [6, 6.07) is 0. The molecule has 0 amide bonds. The predicted molar refractivity (Wildman–Crippen MR) is 58.6 cm³/mol. The molecule has 1 N–H and O–H groups in total. The van der Waals surface area contributed by atoms with Crippen LogP contribution in [-0.4, -0.2) is 41.2 Å². The molecule has 0 atom stereocenters. The van der Waals surface area contributed by atoms with Gasteiger partial charge in [0.1, 0.15) is 11.5 Å². The quantitative estimate of drug-likeness (QED) is 0.532. The molecule has 75 valence electrons. The fourth-order valence-corrected chi connectivity index (χ4v) is 2.40. The van der Waals surface area contributed by atoms with Gasteiger partial charge in [-0.3, -0.25) is 0 Å². The van der Waals surface area contributed by atoms with Crippen LogP contribution in [0.25, 0.3) is 0 Å². The van der Waals surface area contributed by atoms with Crippen LogP contribution in [0.3, 0.4) is 0 Å². The van der Waals surface area contributed by atoms with Gasteiger partial charge in [0.05, 0.1) is 6.26 Å². The van der Waals surface area contributed by atoms with Gasteiger partial charge in [-0.15, -0.1) is 0 Å². The van der Waals surface area contributed by atoms with Crippen LogP contribution in [0, 0.1) is 0 Å². The first-order valence-electron chi connectivity index (χ1n) is 3.22. The Morgan fingerprint density at radius 1 is 1.25 bits per heavy atom. The molecule has 0 aromatic heterocycles. The normalized spacial score (nSPS) is 16.8. The molecule has 1 fully saturated rings. The summed E-state index contributed by atoms with van der Waals surface area (Å²) in [6.07, 6.45) is 5.37. The molecule has 1 radical (unpaired) electrons. The maximum absolute atomic E-state index is 5.07. The van der Waals surface area contributed by atoms with Crippen molar-refractivity contribution < 1.29 is 8.10 Å². The van der Waals surface area contributed by atoms with Crippen molar-refractivity contribution in [1.29, 1.82) is 0 Å². The fraction of sp³-hybridized carbons (Fsp3) is 1.00. The molecule has 0 bridgehead atoms. The SMILES string of the molecule is C[S+]1CCCC1.Cl[O][Sn]([Cl])[Cl].[OH-]. The topological polar surface area (TPSA) is 39.2 Å². The van der Waals surface area contributed by atoms with Gasteiger partial charge in [0.15, 0.2) is 0 Å². The third-order valence-corrected chi connectivity index (χ3v) is 6.73. The first-order chi connectivity index (χ1) is 5.16. The van der Waals surface area contributed by atoms with Gasteiger partial charge in [-0.25, -0.2) is 0 Å². The molecule has 12 heavy (non-hydrogen) atoms. The molecule has 7 heteroatoms. The summed E-state index contributed by atoms with van der Waals surface area (Å²) in [4.78, 5) is 0. The minimum Gasteiger partial charge on any atom is -0.870 e. The summed E-state index contributed by atoms with van der Waals surface area (Å²) < 4.78 is 3.95. The molecule has 0 aliphatic carbocycles. The first-order valence-corrected chi connectivity index (χ1v) is 13.9. The monoisotopic (exact) mass is 361 g/mol. The van der Waals surface area contributed by atoms with E-state index in [4.69, 9.17) is 17.8 Å². The summed E-state index contributed by atoms with van der Waals surface area (Å²) >= 11 is 2.29. The van der Waals surface area contributed by atoms with E-state index in [0.717, 1.165) is 10.9 Å². The van der Waals surface area contributed by atoms with Gasteiger partial charge < -0.3 is 5.48 Å². The van der Waals surface area contributed by atoms with Gasteiger partial charge in [-0.1, -0.05) is 0 Å². The molecule has 1 heterocycles. The van der Waals surface area contributed by atoms with Crippen LogP contribution in [0.1, 0.15) is 12.8 Å². The number of hydrogen-bond donors (Lipinski definition) is 0. The Morgan fingerprint density at radius 2 is 1.58 bits per heavy atom. The minimum atomic E-state index is -2.37. The van der Waals surface area contributed by atoms with Crippen LogP contribution in [0.2, 0.25) is 0 Å². The van der Waals surface area contributed by atoms with Crippen molar-refractivity contribution in [3.8, 4) is 0 Å². The third-order valence-electron chi connectivity index (χ3n) is 1.29. The Hall–Kier alpha value is 1.94. The summed E-state index contributed by atoms with van der Waals surface area (Å²) in [5, 5.41) is 0. The van der Waals surface area contributed by atoms with E-state index >= 15 is 0 Å². The summed E-state index contributed by atoms with van der Waals surface area (Å²) in [7, 11) is 11.0. The first kappa shape index (κ1) is 16.4. The van der Waals surface area contributed by atoms with Crippen molar-refractivity contribution in [1.82, 2.24) is 0 Å². The zero-order chi connectivity index (χ0) is 8.69. The van der Waals surface area contributed by atoms with E-state index in [1.54, 1.807) is 0 Å². The Kier molecular flexibility index (Phi) is 15.0. The van der Waals surface area contributed by atoms with Crippen LogP contribution in [0.5, 0.6) is 0 Å². The number of rotatable bonds is 1. The molecule has 1 saturated heterocycles. The third kappa shape index (κ3) is 11.9. The minimum absolute atomic E-state index is 0. The molecular formula is C5H12Cl3O2SSn. The molecule has 1 aliphatic rings. The van der Waals surface area contributed by atoms with Crippen molar-refractivity contribution in [2.24, 2.45) is 0 Å². The van der Waals surface area contributed by atoms with Crippen molar-refractivity contribution in [2.45, 2.75) is 12.8 Å². The molecule has 1 rings (SSSR count). The van der Waals surface area contributed by atoms with E-state index in [1.165, 1.54) is 24.3 Å². The van der Waals surface area contributed by atoms with E-state index in [9.17, 15) is 0 Å². The smallest absolute Gasteiger partial charge is 0.870 e. The molecule has 0 saturated carbocycles. The van der Waals surface area contributed by atoms with Crippen molar-refractivity contribution in [3.63, 3.8) is 0 Å². The average molecular weight is 361 g/mol. The van der Waals surface area contributed by atoms with Crippen LogP contribution in [-0.2, 0) is 13.5 Å². The van der Waals surface area contributed by atoms with Crippen LogP contribution in [0.15, 0.2) is 0 Å². The van der Waals surface area contributed by atoms with Gasteiger partial charge in [-0.2, -0.15) is 0 Å². The zero-order valence-electron chi connectivity index (χ0n) is 6.73. The second kappa shape index (κ2) is 11.0. The average Bonchev–Trinajstić information content (AvgIpc) is 2.41. The van der Waals surface area contributed by atoms with Crippen LogP contribution < -0.4 is 0 Å². The second-order valence-corrected chi connectivity index (χ2v) is 13.2. The fourth-order valence-electron chi connectivity index (χ4n) is 0.799. The molecule has 0 aromatic carbocycles. The summed E-state index contributed by atoms with van der Waals surface area (Å²) in [6.45, 7) is 0. The van der Waals surface area contributed by atoms with Crippen molar-refractivity contribution in [2.75, 3.05) is 17.8 Å². The Bertz CT molecular complexity index is 92.8. The maximum atomic E-state index is 5.07. The molecule has 0 unspecified atom stereocenters. The van der Waals surface area contributed by atoms with Gasteiger partial charge in [-0.05, 0) is 23.7 Å². The second-order valence-electron chi connectivity index (χ2n) is 2.20. The predicted octanol–water partition coefficient (Wildman–Crippen LogP) is 2.47. The van der Waals surface area contributed by atoms with Crippen LogP contribution >= 0.6 is 29.7 Å². The largest absolute Gasteiger partial charge is 0.870 e. The van der Waals surface area contributed by atoms with E-state index in [0.29, 0.717) is 0 Å². The van der Waals surface area contributed by atoms with Crippen LogP contribution in [0.4, 0.5) is 0 Å². The van der Waals surface area contributed by atoms with Crippen molar-refractivity contribution >= 4 is 58.5 Å². The Labute approximate surface area is 96.4 Å². The maximum Gasteiger partial charge on any atom is -0.870 e. The number of halogens is 3. The Morgan fingerprint density at radius 3 is 1.67 bits per heavy atom. The molecule has 0 aromatic rings. The summed E-state index contributed by atoms with van der Waals surface area (Å²) in [5.74, 6) is 3.03. The number of hydrogen-bond acceptors (Lipinski definition) is 2. The summed E-state index contributed by atoms with van der Waals surface area (Å²) in [5.41, 5.74) is 0. The van der Waals surface area contributed by atoms with Gasteiger partial charge >= 0.3 is 50.3 Å². The molecule has 2 nitrogen and oxygen atoms in total. The van der Waals surface area contributed by atoms with E-state index in [-0.39, 0.29) is 5.48 Å². The van der Waals surface area contributed by atoms with Gasteiger partial charge in [0, 0.05) is 0 Å². The molecular weight excluding hydrogens is 349 g/mol. The van der Waals surface area contributed by atoms with E-state index in [1.807, 2.05) is 0 Å². The molecule has 1 aliphatic heterocycles. The Balaban J connectivity index is 0. The van der Waals surface area contributed by atoms with Gasteiger partial charge in [0.2, 0.25) is 0 Å². The van der Waals surface area contributed by atoms with Crippen molar-refractivity contribution in [3.05, 3.63) is 0 Å². The zero-order valence-corrected chi connectivity index (χ0v) is 12.7. The van der Waals surface area contributed by atoms with E-state index in [2.05, 4.69) is 20.7 Å². The van der Waals surface area contributed by atoms with E-state index < -0.39 is 17.9 Å². The van der Waals surface area contributed by atoms with Gasteiger partial charge in [0.25, 0.3) is 0 Å².